The Morgan fingerprint density at radius 2 is 1.65 bits per heavy atom. The SMILES string of the molecule is N#CCOc1ccccc1C(=O)[C@H]1[C@@H](C(=O)c2ccc(F)cc2)[C@@]2(C(=O)Nc3ccccc32)[C@@H]2c3ccccc3C=CN21. The standard InChI is InChI=1S/C35H24FN3O4/c36-23-15-13-22(14-16-23)31(40)29-30(32(41)25-9-3-6-12-28(25)43-20-18-37)39-19-17-21-7-1-2-8-24(21)33(39)35(29)26-10-4-5-11-27(26)38-34(35)42/h1-17,19,29-30,33H,20H2,(H,38,42)/t29-,30+,33-,35+/m0/s1. The van der Waals surface area contributed by atoms with E-state index in [-0.39, 0.29) is 23.5 Å². The highest BCUT2D eigenvalue weighted by Crippen LogP contribution is 2.62. The Kier molecular flexibility index (Phi) is 6.17. The van der Waals surface area contributed by atoms with Crippen LogP contribution in [0.15, 0.2) is 103 Å². The first-order chi connectivity index (χ1) is 21.0. The van der Waals surface area contributed by atoms with Crippen molar-refractivity contribution in [2.24, 2.45) is 5.92 Å². The minimum Gasteiger partial charge on any atom is -0.478 e. The van der Waals surface area contributed by atoms with E-state index in [1.54, 1.807) is 36.5 Å². The fraction of sp³-hybridized carbons (Fsp3) is 0.143. The van der Waals surface area contributed by atoms with Gasteiger partial charge in [-0.2, -0.15) is 5.26 Å². The fourth-order valence-electron chi connectivity index (χ4n) is 7.03. The maximum Gasteiger partial charge on any atom is 0.238 e. The number of Topliss-reactive ketones (excluding diaryl/α,β-unsaturated/α-hetero) is 2. The van der Waals surface area contributed by atoms with Gasteiger partial charge in [0.25, 0.3) is 0 Å². The second-order valence-corrected chi connectivity index (χ2v) is 10.8. The zero-order valence-electron chi connectivity index (χ0n) is 22.7. The predicted octanol–water partition coefficient (Wildman–Crippen LogP) is 5.71. The minimum atomic E-state index is -1.51. The number of ether oxygens (including phenoxy) is 1. The number of carbonyl (C=O) groups is 3. The minimum absolute atomic E-state index is 0.187. The van der Waals surface area contributed by atoms with E-state index in [0.717, 1.165) is 11.1 Å². The fourth-order valence-corrected chi connectivity index (χ4v) is 7.03. The molecular weight excluding hydrogens is 545 g/mol. The van der Waals surface area contributed by atoms with Gasteiger partial charge in [-0.3, -0.25) is 14.4 Å². The zero-order chi connectivity index (χ0) is 29.7. The first-order valence-electron chi connectivity index (χ1n) is 13.8. The number of hydrogen-bond donors (Lipinski definition) is 1. The molecule has 0 bridgehead atoms. The van der Waals surface area contributed by atoms with Crippen LogP contribution in [-0.4, -0.2) is 35.0 Å². The Hall–Kier alpha value is -5.55. The Bertz CT molecular complexity index is 1880. The van der Waals surface area contributed by atoms with E-state index in [4.69, 9.17) is 10.00 Å². The molecule has 4 aromatic rings. The van der Waals surface area contributed by atoms with Crippen molar-refractivity contribution in [3.05, 3.63) is 137 Å². The number of fused-ring (bicyclic) bond motifs is 6. The Balaban J connectivity index is 1.52. The molecule has 3 aliphatic heterocycles. The molecule has 210 valence electrons. The molecule has 0 aliphatic carbocycles. The molecule has 1 spiro atoms. The monoisotopic (exact) mass is 569 g/mol. The number of hydrogen-bond acceptors (Lipinski definition) is 6. The summed E-state index contributed by atoms with van der Waals surface area (Å²) in [6, 6.07) is 26.7. The van der Waals surface area contributed by atoms with Crippen LogP contribution in [0.2, 0.25) is 0 Å². The van der Waals surface area contributed by atoms with E-state index in [1.165, 1.54) is 24.3 Å². The first kappa shape index (κ1) is 26.4. The molecule has 3 aliphatic rings. The van der Waals surface area contributed by atoms with Crippen LogP contribution >= 0.6 is 0 Å². The van der Waals surface area contributed by atoms with Crippen molar-refractivity contribution in [1.82, 2.24) is 4.90 Å². The van der Waals surface area contributed by atoms with Crippen molar-refractivity contribution in [2.45, 2.75) is 17.5 Å². The van der Waals surface area contributed by atoms with Crippen LogP contribution in [0.3, 0.4) is 0 Å². The van der Waals surface area contributed by atoms with Gasteiger partial charge in [0.05, 0.1) is 17.5 Å². The number of rotatable bonds is 6. The van der Waals surface area contributed by atoms with Crippen LogP contribution in [0.1, 0.15) is 43.4 Å². The molecule has 0 unspecified atom stereocenters. The van der Waals surface area contributed by atoms with Gasteiger partial charge in [-0.15, -0.1) is 0 Å². The first-order valence-corrected chi connectivity index (χ1v) is 13.8. The molecule has 4 atom stereocenters. The topological polar surface area (TPSA) is 99.5 Å². The van der Waals surface area contributed by atoms with Crippen LogP contribution in [0.4, 0.5) is 10.1 Å². The average molecular weight is 570 g/mol. The number of benzene rings is 4. The molecule has 1 N–H and O–H groups in total. The molecule has 8 heteroatoms. The summed E-state index contributed by atoms with van der Waals surface area (Å²) in [5, 5.41) is 12.1. The third-order valence-corrected chi connectivity index (χ3v) is 8.70. The average Bonchev–Trinajstić information content (AvgIpc) is 3.52. The molecule has 7 nitrogen and oxygen atoms in total. The molecule has 1 fully saturated rings. The summed E-state index contributed by atoms with van der Waals surface area (Å²) in [6.07, 6.45) is 3.66. The summed E-state index contributed by atoms with van der Waals surface area (Å²) in [4.78, 5) is 45.8. The van der Waals surface area contributed by atoms with Crippen LogP contribution in [-0.2, 0) is 10.2 Å². The molecule has 3 heterocycles. The molecule has 0 aromatic heterocycles. The second kappa shape index (κ2) is 10.1. The smallest absolute Gasteiger partial charge is 0.238 e. The number of ketones is 2. The van der Waals surface area contributed by atoms with Crippen molar-refractivity contribution in [1.29, 1.82) is 5.26 Å². The lowest BCUT2D eigenvalue weighted by Gasteiger charge is -2.38. The lowest BCUT2D eigenvalue weighted by atomic mass is 9.62. The van der Waals surface area contributed by atoms with Crippen LogP contribution in [0.25, 0.3) is 6.08 Å². The summed E-state index contributed by atoms with van der Waals surface area (Å²) >= 11 is 0. The van der Waals surface area contributed by atoms with Gasteiger partial charge in [-0.05, 0) is 65.2 Å². The van der Waals surface area contributed by atoms with Gasteiger partial charge >= 0.3 is 0 Å². The van der Waals surface area contributed by atoms with Crippen LogP contribution in [0.5, 0.6) is 5.75 Å². The molecule has 1 saturated heterocycles. The maximum absolute atomic E-state index is 14.8. The normalized spacial score (nSPS) is 22.7. The Labute approximate surface area is 246 Å². The third kappa shape index (κ3) is 3.82. The van der Waals surface area contributed by atoms with Gasteiger partial charge in [0.2, 0.25) is 5.91 Å². The summed E-state index contributed by atoms with van der Waals surface area (Å²) in [5.41, 5.74) is 1.73. The van der Waals surface area contributed by atoms with E-state index in [2.05, 4.69) is 5.32 Å². The summed E-state index contributed by atoms with van der Waals surface area (Å²) in [6.45, 7) is -0.272. The lowest BCUT2D eigenvalue weighted by Crippen LogP contribution is -2.49. The van der Waals surface area contributed by atoms with Crippen LogP contribution in [0, 0.1) is 23.1 Å². The van der Waals surface area contributed by atoms with Crippen molar-refractivity contribution >= 4 is 29.2 Å². The summed E-state index contributed by atoms with van der Waals surface area (Å²) < 4.78 is 19.6. The summed E-state index contributed by atoms with van der Waals surface area (Å²) in [7, 11) is 0. The molecule has 7 rings (SSSR count). The largest absolute Gasteiger partial charge is 0.478 e. The maximum atomic E-state index is 14.8. The Morgan fingerprint density at radius 3 is 2.47 bits per heavy atom. The van der Waals surface area contributed by atoms with Crippen molar-refractivity contribution in [3.63, 3.8) is 0 Å². The van der Waals surface area contributed by atoms with Gasteiger partial charge < -0.3 is 15.0 Å². The molecule has 0 radical (unpaired) electrons. The quantitative estimate of drug-likeness (QED) is 0.299. The van der Waals surface area contributed by atoms with E-state index >= 15 is 0 Å². The summed E-state index contributed by atoms with van der Waals surface area (Å²) in [5.74, 6) is -2.79. The van der Waals surface area contributed by atoms with E-state index < -0.39 is 46.7 Å². The van der Waals surface area contributed by atoms with Crippen molar-refractivity contribution in [2.75, 3.05) is 11.9 Å². The number of halogens is 1. The number of carbonyl (C=O) groups excluding carboxylic acids is 3. The highest BCUT2D eigenvalue weighted by atomic mass is 19.1. The molecule has 0 saturated carbocycles. The number of amides is 1. The number of para-hydroxylation sites is 2. The van der Waals surface area contributed by atoms with Gasteiger partial charge in [0, 0.05) is 17.5 Å². The lowest BCUT2D eigenvalue weighted by molar-refractivity contribution is -0.122. The number of nitriles is 1. The predicted molar refractivity (Wildman–Crippen MR) is 157 cm³/mol. The number of anilines is 1. The molecule has 4 aromatic carbocycles. The van der Waals surface area contributed by atoms with Gasteiger partial charge in [0.15, 0.2) is 18.2 Å². The van der Waals surface area contributed by atoms with Crippen molar-refractivity contribution < 1.29 is 23.5 Å². The highest BCUT2D eigenvalue weighted by Gasteiger charge is 2.70. The number of nitrogens with one attached hydrogen (secondary N) is 1. The molecule has 43 heavy (non-hydrogen) atoms. The second-order valence-electron chi connectivity index (χ2n) is 10.8. The van der Waals surface area contributed by atoms with Crippen molar-refractivity contribution in [3.8, 4) is 11.8 Å². The van der Waals surface area contributed by atoms with E-state index in [9.17, 15) is 18.8 Å². The van der Waals surface area contributed by atoms with Gasteiger partial charge in [-0.1, -0.05) is 54.6 Å². The molecular formula is C35H24FN3O4. The van der Waals surface area contributed by atoms with Gasteiger partial charge in [0.1, 0.15) is 29.1 Å². The van der Waals surface area contributed by atoms with E-state index in [1.807, 2.05) is 59.5 Å². The highest BCUT2D eigenvalue weighted by molar-refractivity contribution is 6.17. The van der Waals surface area contributed by atoms with Crippen LogP contribution < -0.4 is 10.1 Å². The Morgan fingerprint density at radius 1 is 0.930 bits per heavy atom. The zero-order valence-corrected chi connectivity index (χ0v) is 22.7. The van der Waals surface area contributed by atoms with Gasteiger partial charge in [-0.25, -0.2) is 4.39 Å². The van der Waals surface area contributed by atoms with E-state index in [0.29, 0.717) is 11.3 Å². The number of nitrogens with zero attached hydrogens (tertiary/aromatic N) is 2. The third-order valence-electron chi connectivity index (χ3n) is 8.70. The molecule has 1 amide bonds.